The van der Waals surface area contributed by atoms with E-state index in [1.54, 1.807) is 0 Å². The van der Waals surface area contributed by atoms with Crippen molar-refractivity contribution in [3.05, 3.63) is 35.4 Å². The first-order chi connectivity index (χ1) is 10.4. The molecule has 1 amide bonds. The number of aryl methyl sites for hydroxylation is 1. The van der Waals surface area contributed by atoms with Crippen LogP contribution in [0, 0.1) is 6.92 Å². The van der Waals surface area contributed by atoms with Crippen molar-refractivity contribution in [1.82, 2.24) is 10.2 Å². The lowest BCUT2D eigenvalue weighted by Gasteiger charge is -2.22. The van der Waals surface area contributed by atoms with Crippen LogP contribution in [0.2, 0.25) is 0 Å². The van der Waals surface area contributed by atoms with Gasteiger partial charge in [0.15, 0.2) is 9.84 Å². The van der Waals surface area contributed by atoms with Gasteiger partial charge in [-0.05, 0) is 37.9 Å². The maximum absolute atomic E-state index is 11.9. The number of carbonyl (C=O) groups excluding carboxylic acids is 1. The first kappa shape index (κ1) is 17.0. The normalized spacial score (nSPS) is 20.2. The average Bonchev–Trinajstić information content (AvgIpc) is 2.81. The van der Waals surface area contributed by atoms with Crippen molar-refractivity contribution in [2.75, 3.05) is 31.6 Å². The van der Waals surface area contributed by atoms with Crippen LogP contribution in [-0.2, 0) is 21.1 Å². The van der Waals surface area contributed by atoms with Crippen LogP contribution in [-0.4, -0.2) is 56.9 Å². The number of sulfone groups is 1. The summed E-state index contributed by atoms with van der Waals surface area (Å²) in [6.07, 6.45) is 1.43. The third-order valence-corrected chi connectivity index (χ3v) is 5.95. The summed E-state index contributed by atoms with van der Waals surface area (Å²) in [5.41, 5.74) is 2.46. The zero-order valence-electron chi connectivity index (χ0n) is 13.2. The van der Waals surface area contributed by atoms with Crippen molar-refractivity contribution in [3.8, 4) is 0 Å². The molecule has 122 valence electrons. The van der Waals surface area contributed by atoms with Crippen LogP contribution in [0.3, 0.4) is 0 Å². The third kappa shape index (κ3) is 4.81. The number of benzene rings is 1. The highest BCUT2D eigenvalue weighted by Crippen LogP contribution is 2.16. The molecule has 1 N–H and O–H groups in total. The molecule has 22 heavy (non-hydrogen) atoms. The minimum atomic E-state index is -2.91. The summed E-state index contributed by atoms with van der Waals surface area (Å²) >= 11 is 0. The van der Waals surface area contributed by atoms with E-state index in [-0.39, 0.29) is 30.0 Å². The van der Waals surface area contributed by atoms with E-state index in [0.717, 1.165) is 6.42 Å². The Kier molecular flexibility index (Phi) is 5.58. The quantitative estimate of drug-likeness (QED) is 0.839. The minimum Gasteiger partial charge on any atom is -0.355 e. The molecule has 0 saturated carbocycles. The molecule has 0 aliphatic carbocycles. The number of hydrogen-bond acceptors (Lipinski definition) is 4. The molecule has 1 aliphatic rings. The first-order valence-corrected chi connectivity index (χ1v) is 9.41. The van der Waals surface area contributed by atoms with E-state index in [2.05, 4.69) is 24.4 Å². The molecular formula is C16H24N2O3S. The lowest BCUT2D eigenvalue weighted by molar-refractivity contribution is -0.122. The Bertz CT molecular complexity index is 628. The number of nitrogens with one attached hydrogen (secondary N) is 1. The average molecular weight is 324 g/mol. The Labute approximate surface area is 132 Å². The molecule has 1 aromatic rings. The Morgan fingerprint density at radius 3 is 2.73 bits per heavy atom. The van der Waals surface area contributed by atoms with E-state index in [4.69, 9.17) is 0 Å². The van der Waals surface area contributed by atoms with Crippen molar-refractivity contribution in [2.45, 2.75) is 25.8 Å². The molecule has 5 nitrogen and oxygen atoms in total. The number of amides is 1. The van der Waals surface area contributed by atoms with Gasteiger partial charge in [0.05, 0.1) is 18.1 Å². The standard InChI is InChI=1S/C16H24N2O3S/c1-13-5-3-4-6-14(13)7-9-17-16(19)11-18(2)15-8-10-22(20,21)12-15/h3-6,15H,7-12H2,1-2H3,(H,17,19). The monoisotopic (exact) mass is 324 g/mol. The summed E-state index contributed by atoms with van der Waals surface area (Å²) in [5, 5.41) is 2.90. The maximum Gasteiger partial charge on any atom is 0.234 e. The molecule has 0 radical (unpaired) electrons. The van der Waals surface area contributed by atoms with Gasteiger partial charge in [-0.3, -0.25) is 9.69 Å². The maximum atomic E-state index is 11.9. The zero-order chi connectivity index (χ0) is 16.2. The smallest absolute Gasteiger partial charge is 0.234 e. The number of likely N-dealkylation sites (N-methyl/N-ethyl adjacent to an activating group) is 1. The third-order valence-electron chi connectivity index (χ3n) is 4.20. The highest BCUT2D eigenvalue weighted by molar-refractivity contribution is 7.91. The highest BCUT2D eigenvalue weighted by Gasteiger charge is 2.31. The summed E-state index contributed by atoms with van der Waals surface area (Å²) in [7, 11) is -1.10. The van der Waals surface area contributed by atoms with Crippen LogP contribution in [0.25, 0.3) is 0 Å². The molecule has 1 unspecified atom stereocenters. The summed E-state index contributed by atoms with van der Waals surface area (Å²) in [5.74, 6) is 0.345. The van der Waals surface area contributed by atoms with E-state index in [1.165, 1.54) is 11.1 Å². The predicted molar refractivity (Wildman–Crippen MR) is 87.6 cm³/mol. The zero-order valence-corrected chi connectivity index (χ0v) is 14.0. The largest absolute Gasteiger partial charge is 0.355 e. The Balaban J connectivity index is 1.73. The second-order valence-corrected chi connectivity index (χ2v) is 8.23. The van der Waals surface area contributed by atoms with E-state index < -0.39 is 9.84 Å². The van der Waals surface area contributed by atoms with Gasteiger partial charge in [-0.15, -0.1) is 0 Å². The fourth-order valence-corrected chi connectivity index (χ4v) is 4.57. The SMILES string of the molecule is Cc1ccccc1CCNC(=O)CN(C)C1CCS(=O)(=O)C1. The van der Waals surface area contributed by atoms with Crippen LogP contribution >= 0.6 is 0 Å². The van der Waals surface area contributed by atoms with Gasteiger partial charge in [-0.1, -0.05) is 24.3 Å². The number of carbonyl (C=O) groups is 1. The second kappa shape index (κ2) is 7.24. The summed E-state index contributed by atoms with van der Waals surface area (Å²) in [6, 6.07) is 8.09. The molecule has 1 heterocycles. The fraction of sp³-hybridized carbons (Fsp3) is 0.562. The Morgan fingerprint density at radius 2 is 2.09 bits per heavy atom. The number of hydrogen-bond donors (Lipinski definition) is 1. The van der Waals surface area contributed by atoms with Crippen molar-refractivity contribution in [3.63, 3.8) is 0 Å². The molecule has 0 bridgehead atoms. The molecule has 0 spiro atoms. The van der Waals surface area contributed by atoms with Crippen molar-refractivity contribution in [1.29, 1.82) is 0 Å². The molecule has 1 saturated heterocycles. The van der Waals surface area contributed by atoms with Gasteiger partial charge >= 0.3 is 0 Å². The van der Waals surface area contributed by atoms with Gasteiger partial charge in [0.2, 0.25) is 5.91 Å². The predicted octanol–water partition coefficient (Wildman–Crippen LogP) is 0.773. The van der Waals surface area contributed by atoms with Crippen molar-refractivity contribution >= 4 is 15.7 Å². The van der Waals surface area contributed by atoms with E-state index in [0.29, 0.717) is 13.0 Å². The van der Waals surface area contributed by atoms with E-state index in [1.807, 2.05) is 24.1 Å². The van der Waals surface area contributed by atoms with Gasteiger partial charge in [-0.2, -0.15) is 0 Å². The molecule has 6 heteroatoms. The minimum absolute atomic E-state index is 0.0351. The van der Waals surface area contributed by atoms with Crippen LogP contribution in [0.4, 0.5) is 0 Å². The van der Waals surface area contributed by atoms with Crippen LogP contribution < -0.4 is 5.32 Å². The Hall–Kier alpha value is -1.40. The summed E-state index contributed by atoms with van der Waals surface area (Å²) in [4.78, 5) is 13.8. The van der Waals surface area contributed by atoms with Gasteiger partial charge in [0.1, 0.15) is 0 Å². The van der Waals surface area contributed by atoms with Gasteiger partial charge in [0, 0.05) is 12.6 Å². The van der Waals surface area contributed by atoms with Gasteiger partial charge in [-0.25, -0.2) is 8.42 Å². The lowest BCUT2D eigenvalue weighted by atomic mass is 10.1. The molecule has 2 rings (SSSR count). The topological polar surface area (TPSA) is 66.5 Å². The molecule has 0 aromatic heterocycles. The van der Waals surface area contributed by atoms with Gasteiger partial charge in [0.25, 0.3) is 0 Å². The van der Waals surface area contributed by atoms with Crippen LogP contribution in [0.5, 0.6) is 0 Å². The molecule has 1 fully saturated rings. The van der Waals surface area contributed by atoms with Crippen molar-refractivity contribution < 1.29 is 13.2 Å². The lowest BCUT2D eigenvalue weighted by Crippen LogP contribution is -2.41. The molecular weight excluding hydrogens is 300 g/mol. The van der Waals surface area contributed by atoms with Gasteiger partial charge < -0.3 is 5.32 Å². The molecule has 1 aromatic carbocycles. The van der Waals surface area contributed by atoms with E-state index >= 15 is 0 Å². The van der Waals surface area contributed by atoms with Crippen molar-refractivity contribution in [2.24, 2.45) is 0 Å². The summed E-state index contributed by atoms with van der Waals surface area (Å²) in [6.45, 7) is 2.90. The van der Waals surface area contributed by atoms with Crippen LogP contribution in [0.1, 0.15) is 17.5 Å². The first-order valence-electron chi connectivity index (χ1n) is 7.59. The Morgan fingerprint density at radius 1 is 1.36 bits per heavy atom. The molecule has 1 aliphatic heterocycles. The fourth-order valence-electron chi connectivity index (χ4n) is 2.76. The number of nitrogens with zero attached hydrogens (tertiary/aromatic N) is 1. The van der Waals surface area contributed by atoms with E-state index in [9.17, 15) is 13.2 Å². The number of rotatable bonds is 6. The van der Waals surface area contributed by atoms with Crippen LogP contribution in [0.15, 0.2) is 24.3 Å². The second-order valence-electron chi connectivity index (χ2n) is 6.00. The highest BCUT2D eigenvalue weighted by atomic mass is 32.2. The summed E-state index contributed by atoms with van der Waals surface area (Å²) < 4.78 is 22.9. The molecule has 1 atom stereocenters.